The molecule has 1 nitrogen and oxygen atoms in total. The summed E-state index contributed by atoms with van der Waals surface area (Å²) in [7, 11) is 0. The van der Waals surface area contributed by atoms with E-state index in [1.807, 2.05) is 0 Å². The highest BCUT2D eigenvalue weighted by molar-refractivity contribution is 9.10. The van der Waals surface area contributed by atoms with Crippen molar-refractivity contribution in [3.8, 4) is 0 Å². The number of rotatable bonds is 2. The Hall–Kier alpha value is -0.550. The van der Waals surface area contributed by atoms with E-state index in [2.05, 4.69) is 15.9 Å². The standard InChI is InChI=1S/C8H6BrF3O/c9-5-1-4(2-6(10)3-5)7(13)8(11)12/h1-3,7-8,13H. The Kier molecular flexibility index (Phi) is 3.33. The topological polar surface area (TPSA) is 20.2 Å². The summed E-state index contributed by atoms with van der Waals surface area (Å²) < 4.78 is 37.0. The third kappa shape index (κ3) is 2.70. The predicted octanol–water partition coefficient (Wildman–Crippen LogP) is 2.89. The van der Waals surface area contributed by atoms with E-state index in [-0.39, 0.29) is 5.56 Å². The quantitative estimate of drug-likeness (QED) is 0.861. The molecule has 0 aliphatic carbocycles. The second-order valence-corrected chi connectivity index (χ2v) is 3.40. The van der Waals surface area contributed by atoms with Crippen LogP contribution in [0, 0.1) is 5.82 Å². The van der Waals surface area contributed by atoms with Crippen LogP contribution in [0.1, 0.15) is 11.7 Å². The van der Waals surface area contributed by atoms with Gasteiger partial charge in [0.1, 0.15) is 11.9 Å². The first-order valence-corrected chi connectivity index (χ1v) is 4.22. The van der Waals surface area contributed by atoms with Crippen LogP contribution in [0.5, 0.6) is 0 Å². The Morgan fingerprint density at radius 2 is 1.85 bits per heavy atom. The van der Waals surface area contributed by atoms with E-state index in [1.165, 1.54) is 6.07 Å². The lowest BCUT2D eigenvalue weighted by atomic mass is 10.1. The van der Waals surface area contributed by atoms with Crippen molar-refractivity contribution in [3.05, 3.63) is 34.1 Å². The second kappa shape index (κ2) is 4.11. The molecule has 0 saturated carbocycles. The van der Waals surface area contributed by atoms with Crippen molar-refractivity contribution in [2.75, 3.05) is 0 Å². The molecule has 0 fully saturated rings. The van der Waals surface area contributed by atoms with Crippen LogP contribution >= 0.6 is 15.9 Å². The fourth-order valence-corrected chi connectivity index (χ4v) is 1.37. The van der Waals surface area contributed by atoms with Gasteiger partial charge in [-0.1, -0.05) is 15.9 Å². The molecule has 1 rings (SSSR count). The fraction of sp³-hybridized carbons (Fsp3) is 0.250. The highest BCUT2D eigenvalue weighted by Crippen LogP contribution is 2.24. The van der Waals surface area contributed by atoms with Gasteiger partial charge in [-0.05, 0) is 23.8 Å². The van der Waals surface area contributed by atoms with Crippen molar-refractivity contribution >= 4 is 15.9 Å². The van der Waals surface area contributed by atoms with Gasteiger partial charge in [-0.15, -0.1) is 0 Å². The summed E-state index contributed by atoms with van der Waals surface area (Å²) in [4.78, 5) is 0. The smallest absolute Gasteiger partial charge is 0.268 e. The summed E-state index contributed by atoms with van der Waals surface area (Å²) in [6, 6.07) is 3.25. The first kappa shape index (κ1) is 10.5. The van der Waals surface area contributed by atoms with Gasteiger partial charge >= 0.3 is 0 Å². The Labute approximate surface area is 81.3 Å². The zero-order chi connectivity index (χ0) is 10.0. The monoisotopic (exact) mass is 254 g/mol. The van der Waals surface area contributed by atoms with E-state index >= 15 is 0 Å². The molecule has 0 aliphatic rings. The highest BCUT2D eigenvalue weighted by Gasteiger charge is 2.19. The van der Waals surface area contributed by atoms with Crippen LogP contribution in [-0.4, -0.2) is 11.5 Å². The van der Waals surface area contributed by atoms with Gasteiger partial charge in [0.05, 0.1) is 0 Å². The van der Waals surface area contributed by atoms with E-state index < -0.39 is 18.3 Å². The van der Waals surface area contributed by atoms with Gasteiger partial charge in [0.25, 0.3) is 6.43 Å². The SMILES string of the molecule is OC(c1cc(F)cc(Br)c1)C(F)F. The molecule has 5 heteroatoms. The van der Waals surface area contributed by atoms with Gasteiger partial charge in [0.2, 0.25) is 0 Å². The summed E-state index contributed by atoms with van der Waals surface area (Å²) in [5.41, 5.74) is -0.137. The summed E-state index contributed by atoms with van der Waals surface area (Å²) in [5.74, 6) is -0.663. The van der Waals surface area contributed by atoms with E-state index in [0.29, 0.717) is 4.47 Å². The van der Waals surface area contributed by atoms with Gasteiger partial charge < -0.3 is 5.11 Å². The van der Waals surface area contributed by atoms with Crippen LogP contribution in [0.4, 0.5) is 13.2 Å². The van der Waals surface area contributed by atoms with Gasteiger partial charge in [0, 0.05) is 4.47 Å². The second-order valence-electron chi connectivity index (χ2n) is 2.48. The molecule has 0 aliphatic heterocycles. The summed E-state index contributed by atoms with van der Waals surface area (Å²) in [6.07, 6.45) is -4.85. The number of alkyl halides is 2. The molecule has 0 radical (unpaired) electrons. The van der Waals surface area contributed by atoms with Crippen LogP contribution in [0.2, 0.25) is 0 Å². The molecule has 0 bridgehead atoms. The fourth-order valence-electron chi connectivity index (χ4n) is 0.891. The van der Waals surface area contributed by atoms with Crippen molar-refractivity contribution < 1.29 is 18.3 Å². The van der Waals surface area contributed by atoms with Crippen molar-refractivity contribution in [1.82, 2.24) is 0 Å². The first-order valence-electron chi connectivity index (χ1n) is 3.43. The molecule has 1 N–H and O–H groups in total. The zero-order valence-corrected chi connectivity index (χ0v) is 7.93. The van der Waals surface area contributed by atoms with Crippen LogP contribution in [0.3, 0.4) is 0 Å². The third-order valence-electron chi connectivity index (χ3n) is 1.47. The van der Waals surface area contributed by atoms with Crippen LogP contribution in [0.15, 0.2) is 22.7 Å². The Morgan fingerprint density at radius 1 is 1.23 bits per heavy atom. The average Bonchev–Trinajstić information content (AvgIpc) is 2.01. The molecule has 1 aromatic rings. The minimum Gasteiger partial charge on any atom is -0.382 e. The lowest BCUT2D eigenvalue weighted by Gasteiger charge is -2.09. The van der Waals surface area contributed by atoms with Crippen LogP contribution in [0.25, 0.3) is 0 Å². The highest BCUT2D eigenvalue weighted by atomic mass is 79.9. The molecule has 0 spiro atoms. The number of halogens is 4. The first-order chi connectivity index (χ1) is 6.00. The maximum atomic E-state index is 12.7. The Morgan fingerprint density at radius 3 is 2.31 bits per heavy atom. The summed E-state index contributed by atoms with van der Waals surface area (Å²) in [6.45, 7) is 0. The number of aliphatic hydroxyl groups is 1. The normalized spacial score (nSPS) is 13.4. The molecule has 1 aromatic carbocycles. The number of benzene rings is 1. The average molecular weight is 255 g/mol. The molecular weight excluding hydrogens is 249 g/mol. The molecule has 0 saturated heterocycles. The lowest BCUT2D eigenvalue weighted by molar-refractivity contribution is -0.00595. The van der Waals surface area contributed by atoms with E-state index in [9.17, 15) is 13.2 Å². The van der Waals surface area contributed by atoms with Crippen molar-refractivity contribution in [3.63, 3.8) is 0 Å². The molecule has 0 amide bonds. The lowest BCUT2D eigenvalue weighted by Crippen LogP contribution is -2.08. The van der Waals surface area contributed by atoms with Crippen molar-refractivity contribution in [2.45, 2.75) is 12.5 Å². The Balaban J connectivity index is 3.01. The maximum Gasteiger partial charge on any atom is 0.268 e. The number of hydrogen-bond donors (Lipinski definition) is 1. The van der Waals surface area contributed by atoms with Gasteiger partial charge in [0.15, 0.2) is 0 Å². The van der Waals surface area contributed by atoms with E-state index in [4.69, 9.17) is 5.11 Å². The number of aliphatic hydroxyl groups excluding tert-OH is 1. The maximum absolute atomic E-state index is 12.7. The van der Waals surface area contributed by atoms with Gasteiger partial charge in [-0.3, -0.25) is 0 Å². The molecular formula is C8H6BrF3O. The van der Waals surface area contributed by atoms with Crippen molar-refractivity contribution in [2.24, 2.45) is 0 Å². The molecule has 1 atom stereocenters. The van der Waals surface area contributed by atoms with Crippen LogP contribution in [-0.2, 0) is 0 Å². The summed E-state index contributed by atoms with van der Waals surface area (Å²) >= 11 is 2.93. The van der Waals surface area contributed by atoms with Crippen molar-refractivity contribution in [1.29, 1.82) is 0 Å². The molecule has 0 heterocycles. The largest absolute Gasteiger partial charge is 0.382 e. The Bertz CT molecular complexity index is 283. The molecule has 1 unspecified atom stereocenters. The molecule has 13 heavy (non-hydrogen) atoms. The third-order valence-corrected chi connectivity index (χ3v) is 1.92. The zero-order valence-electron chi connectivity index (χ0n) is 6.35. The number of hydrogen-bond acceptors (Lipinski definition) is 1. The van der Waals surface area contributed by atoms with Gasteiger partial charge in [-0.2, -0.15) is 0 Å². The van der Waals surface area contributed by atoms with Crippen LogP contribution < -0.4 is 0 Å². The van der Waals surface area contributed by atoms with Gasteiger partial charge in [-0.25, -0.2) is 13.2 Å². The molecule has 0 aromatic heterocycles. The predicted molar refractivity (Wildman–Crippen MR) is 45.1 cm³/mol. The van der Waals surface area contributed by atoms with E-state index in [0.717, 1.165) is 12.1 Å². The molecule has 72 valence electrons. The minimum atomic E-state index is -2.91. The summed E-state index contributed by atoms with van der Waals surface area (Å²) in [5, 5.41) is 8.91. The van der Waals surface area contributed by atoms with E-state index in [1.54, 1.807) is 0 Å². The minimum absolute atomic E-state index is 0.137.